The average molecular weight is 343 g/mol. The highest BCUT2D eigenvalue weighted by atomic mass is 19.4. The van der Waals surface area contributed by atoms with Crippen LogP contribution in [0.4, 0.5) is 18.9 Å². The van der Waals surface area contributed by atoms with Crippen LogP contribution in [-0.4, -0.2) is 61.4 Å². The lowest BCUT2D eigenvalue weighted by molar-refractivity contribution is -0.137. The molecule has 1 fully saturated rings. The van der Waals surface area contributed by atoms with Crippen LogP contribution in [0.2, 0.25) is 0 Å². The molecule has 0 atom stereocenters. The fourth-order valence-electron chi connectivity index (χ4n) is 2.53. The lowest BCUT2D eigenvalue weighted by atomic mass is 10.1. The van der Waals surface area contributed by atoms with E-state index in [4.69, 9.17) is 0 Å². The Kier molecular flexibility index (Phi) is 5.48. The Morgan fingerprint density at radius 1 is 1.17 bits per heavy atom. The zero-order valence-corrected chi connectivity index (χ0v) is 13.6. The maximum atomic E-state index is 12.8. The van der Waals surface area contributed by atoms with E-state index < -0.39 is 17.6 Å². The largest absolute Gasteiger partial charge is 0.416 e. The van der Waals surface area contributed by atoms with Gasteiger partial charge in [-0.1, -0.05) is 6.07 Å². The minimum Gasteiger partial charge on any atom is -0.339 e. The van der Waals surface area contributed by atoms with Gasteiger partial charge in [0.05, 0.1) is 5.56 Å². The van der Waals surface area contributed by atoms with E-state index in [1.807, 2.05) is 7.05 Å². The number of halogens is 3. The minimum atomic E-state index is -4.50. The zero-order chi connectivity index (χ0) is 17.9. The predicted molar refractivity (Wildman–Crippen MR) is 83.5 cm³/mol. The maximum Gasteiger partial charge on any atom is 0.416 e. The number of nitrogens with zero attached hydrogens (tertiary/aromatic N) is 3. The molecule has 0 aliphatic carbocycles. The fraction of sp³-hybridized carbons (Fsp3) is 0.500. The Balaban J connectivity index is 2.15. The molecule has 0 saturated carbocycles. The van der Waals surface area contributed by atoms with Crippen molar-refractivity contribution < 1.29 is 22.8 Å². The Morgan fingerprint density at radius 2 is 1.79 bits per heavy atom. The Bertz CT molecular complexity index is 611. The molecule has 132 valence electrons. The van der Waals surface area contributed by atoms with Gasteiger partial charge >= 0.3 is 6.18 Å². The molecule has 1 aromatic rings. The summed E-state index contributed by atoms with van der Waals surface area (Å²) in [6, 6.07) is 4.45. The number of carbonyl (C=O) groups is 2. The Hall–Kier alpha value is -2.09. The van der Waals surface area contributed by atoms with Crippen molar-refractivity contribution in [3.8, 4) is 0 Å². The number of hydrogen-bond acceptors (Lipinski definition) is 3. The summed E-state index contributed by atoms with van der Waals surface area (Å²) < 4.78 is 38.5. The molecular weight excluding hydrogens is 323 g/mol. The summed E-state index contributed by atoms with van der Waals surface area (Å²) in [7, 11) is 1.95. The molecule has 5 nitrogen and oxygen atoms in total. The van der Waals surface area contributed by atoms with E-state index in [1.54, 1.807) is 4.90 Å². The highest BCUT2D eigenvalue weighted by Crippen LogP contribution is 2.31. The normalized spacial score (nSPS) is 16.1. The first-order chi connectivity index (χ1) is 11.2. The van der Waals surface area contributed by atoms with Crippen LogP contribution in [0.15, 0.2) is 24.3 Å². The van der Waals surface area contributed by atoms with Crippen LogP contribution < -0.4 is 4.90 Å². The SMILES string of the molecule is CC(=O)N(CC(=O)N1CCN(C)CC1)c1cccc(C(F)(F)F)c1. The summed E-state index contributed by atoms with van der Waals surface area (Å²) in [6.07, 6.45) is -4.50. The predicted octanol–water partition coefficient (Wildman–Crippen LogP) is 1.83. The number of carbonyl (C=O) groups excluding carboxylic acids is 2. The fourth-order valence-corrected chi connectivity index (χ4v) is 2.53. The number of rotatable bonds is 3. The van der Waals surface area contributed by atoms with Gasteiger partial charge in [-0.25, -0.2) is 0 Å². The van der Waals surface area contributed by atoms with Crippen LogP contribution in [0, 0.1) is 0 Å². The summed E-state index contributed by atoms with van der Waals surface area (Å²) in [4.78, 5) is 29.0. The third-order valence-electron chi connectivity index (χ3n) is 4.01. The van der Waals surface area contributed by atoms with Gasteiger partial charge in [0.25, 0.3) is 0 Å². The van der Waals surface area contributed by atoms with Crippen LogP contribution in [0.5, 0.6) is 0 Å². The third kappa shape index (κ3) is 4.47. The molecule has 1 saturated heterocycles. The molecule has 1 aliphatic heterocycles. The molecule has 0 spiro atoms. The van der Waals surface area contributed by atoms with Gasteiger partial charge < -0.3 is 14.7 Å². The number of alkyl halides is 3. The maximum absolute atomic E-state index is 12.8. The summed E-state index contributed by atoms with van der Waals surface area (Å²) in [6.45, 7) is 3.52. The van der Waals surface area contributed by atoms with Crippen LogP contribution in [-0.2, 0) is 15.8 Å². The average Bonchev–Trinajstić information content (AvgIpc) is 2.52. The summed E-state index contributed by atoms with van der Waals surface area (Å²) in [5.74, 6) is -0.743. The smallest absolute Gasteiger partial charge is 0.339 e. The second-order valence-electron chi connectivity index (χ2n) is 5.84. The van der Waals surface area contributed by atoms with Crippen molar-refractivity contribution in [1.82, 2.24) is 9.80 Å². The first-order valence-corrected chi connectivity index (χ1v) is 7.60. The number of piperazine rings is 1. The molecule has 1 aromatic carbocycles. The monoisotopic (exact) mass is 343 g/mol. The van der Waals surface area contributed by atoms with Gasteiger partial charge in [-0.2, -0.15) is 13.2 Å². The lowest BCUT2D eigenvalue weighted by Gasteiger charge is -2.34. The first kappa shape index (κ1) is 18.3. The van der Waals surface area contributed by atoms with Gasteiger partial charge in [0.1, 0.15) is 6.54 Å². The highest BCUT2D eigenvalue weighted by molar-refractivity contribution is 5.97. The van der Waals surface area contributed by atoms with E-state index in [1.165, 1.54) is 19.1 Å². The molecule has 24 heavy (non-hydrogen) atoms. The molecule has 0 aromatic heterocycles. The topological polar surface area (TPSA) is 43.9 Å². The first-order valence-electron chi connectivity index (χ1n) is 7.60. The van der Waals surface area contributed by atoms with Gasteiger partial charge in [-0.3, -0.25) is 9.59 Å². The second-order valence-corrected chi connectivity index (χ2v) is 5.84. The van der Waals surface area contributed by atoms with Gasteiger partial charge in [-0.15, -0.1) is 0 Å². The summed E-state index contributed by atoms with van der Waals surface area (Å²) in [5.41, 5.74) is -0.780. The summed E-state index contributed by atoms with van der Waals surface area (Å²) >= 11 is 0. The number of benzene rings is 1. The van der Waals surface area contributed by atoms with E-state index in [0.29, 0.717) is 13.1 Å². The van der Waals surface area contributed by atoms with Crippen LogP contribution >= 0.6 is 0 Å². The zero-order valence-electron chi connectivity index (χ0n) is 13.6. The Labute approximate surface area is 138 Å². The van der Waals surface area contributed by atoms with Crippen molar-refractivity contribution in [1.29, 1.82) is 0 Å². The van der Waals surface area contributed by atoms with Crippen molar-refractivity contribution in [2.45, 2.75) is 13.1 Å². The van der Waals surface area contributed by atoms with E-state index in [-0.39, 0.29) is 18.1 Å². The molecule has 0 radical (unpaired) electrons. The molecule has 1 heterocycles. The molecule has 1 aliphatic rings. The van der Waals surface area contributed by atoms with E-state index in [2.05, 4.69) is 4.90 Å². The minimum absolute atomic E-state index is 0.0693. The highest BCUT2D eigenvalue weighted by Gasteiger charge is 2.31. The summed E-state index contributed by atoms with van der Waals surface area (Å²) in [5, 5.41) is 0. The van der Waals surface area contributed by atoms with Gasteiger partial charge in [0.2, 0.25) is 11.8 Å². The standard InChI is InChI=1S/C16H20F3N3O2/c1-12(23)22(11-15(24)21-8-6-20(2)7-9-21)14-5-3-4-13(10-14)16(17,18)19/h3-5,10H,6-9,11H2,1-2H3. The molecule has 2 amide bonds. The van der Waals surface area contributed by atoms with Crippen molar-refractivity contribution >= 4 is 17.5 Å². The molecule has 2 rings (SSSR count). The van der Waals surface area contributed by atoms with Crippen LogP contribution in [0.1, 0.15) is 12.5 Å². The second kappa shape index (κ2) is 7.21. The quantitative estimate of drug-likeness (QED) is 0.841. The van der Waals surface area contributed by atoms with Crippen molar-refractivity contribution in [2.24, 2.45) is 0 Å². The molecular formula is C16H20F3N3O2. The van der Waals surface area contributed by atoms with Crippen molar-refractivity contribution in [3.63, 3.8) is 0 Å². The number of amides is 2. The van der Waals surface area contributed by atoms with E-state index in [9.17, 15) is 22.8 Å². The third-order valence-corrected chi connectivity index (χ3v) is 4.01. The van der Waals surface area contributed by atoms with Crippen molar-refractivity contribution in [2.75, 3.05) is 44.7 Å². The van der Waals surface area contributed by atoms with Crippen LogP contribution in [0.25, 0.3) is 0 Å². The number of likely N-dealkylation sites (N-methyl/N-ethyl adjacent to an activating group) is 1. The van der Waals surface area contributed by atoms with Crippen LogP contribution in [0.3, 0.4) is 0 Å². The molecule has 0 bridgehead atoms. The Morgan fingerprint density at radius 3 is 2.33 bits per heavy atom. The molecule has 8 heteroatoms. The van der Waals surface area contributed by atoms with Gasteiger partial charge in [0.15, 0.2) is 0 Å². The molecule has 0 unspecified atom stereocenters. The van der Waals surface area contributed by atoms with Gasteiger partial charge in [-0.05, 0) is 25.2 Å². The van der Waals surface area contributed by atoms with E-state index in [0.717, 1.165) is 30.1 Å². The van der Waals surface area contributed by atoms with Gasteiger partial charge in [0, 0.05) is 38.8 Å². The van der Waals surface area contributed by atoms with Crippen molar-refractivity contribution in [3.05, 3.63) is 29.8 Å². The number of anilines is 1. The van der Waals surface area contributed by atoms with E-state index >= 15 is 0 Å². The lowest BCUT2D eigenvalue weighted by Crippen LogP contribution is -2.50. The number of hydrogen-bond donors (Lipinski definition) is 0. The molecule has 0 N–H and O–H groups in total.